The molecule has 0 saturated carbocycles. The van der Waals surface area contributed by atoms with Crippen LogP contribution in [0.5, 0.6) is 5.75 Å². The smallest absolute Gasteiger partial charge is 0.241 e. The van der Waals surface area contributed by atoms with E-state index < -0.39 is 20.5 Å². The molecule has 0 atom stereocenters. The maximum absolute atomic E-state index is 12.6. The normalized spacial score (nSPS) is 17.3. The summed E-state index contributed by atoms with van der Waals surface area (Å²) in [5.41, 5.74) is 2.11. The van der Waals surface area contributed by atoms with Gasteiger partial charge in [-0.15, -0.1) is 0 Å². The van der Waals surface area contributed by atoms with Crippen molar-refractivity contribution in [1.82, 2.24) is 10.6 Å². The van der Waals surface area contributed by atoms with Crippen LogP contribution < -0.4 is 15.4 Å². The van der Waals surface area contributed by atoms with E-state index in [1.165, 1.54) is 0 Å². The molecule has 0 unspecified atom stereocenters. The molecule has 1 heterocycles. The Morgan fingerprint density at radius 1 is 1.33 bits per heavy atom. The Morgan fingerprint density at radius 2 is 2.00 bits per heavy atom. The van der Waals surface area contributed by atoms with Crippen molar-refractivity contribution in [2.75, 3.05) is 33.0 Å². The number of nitrogens with one attached hydrogen (secondary N) is 2. The molecule has 1 fully saturated rings. The fourth-order valence-electron chi connectivity index (χ4n) is 3.17. The third-order valence-corrected chi connectivity index (χ3v) is 6.66. The van der Waals surface area contributed by atoms with E-state index in [0.29, 0.717) is 38.9 Å². The largest absolute Gasteiger partial charge is 0.496 e. The van der Waals surface area contributed by atoms with Gasteiger partial charge in [-0.1, -0.05) is 17.7 Å². The summed E-state index contributed by atoms with van der Waals surface area (Å²) in [5.74, 6) is 0.382. The highest BCUT2D eigenvalue weighted by molar-refractivity contribution is 7.92. The molecule has 2 rings (SSSR count). The van der Waals surface area contributed by atoms with Crippen molar-refractivity contribution in [1.29, 1.82) is 0 Å². The number of benzene rings is 1. The molecule has 24 heavy (non-hydrogen) atoms. The number of carbonyl (C=O) groups excluding carboxylic acids is 1. The predicted octanol–water partition coefficient (Wildman–Crippen LogP) is 0.829. The lowest BCUT2D eigenvalue weighted by molar-refractivity contribution is -0.124. The van der Waals surface area contributed by atoms with Gasteiger partial charge in [-0.05, 0) is 50.9 Å². The van der Waals surface area contributed by atoms with Crippen LogP contribution in [-0.2, 0) is 21.1 Å². The molecular weight excluding hydrogens is 328 g/mol. The van der Waals surface area contributed by atoms with Crippen molar-refractivity contribution in [3.8, 4) is 5.75 Å². The van der Waals surface area contributed by atoms with Gasteiger partial charge in [0.05, 0.1) is 7.11 Å². The summed E-state index contributed by atoms with van der Waals surface area (Å²) >= 11 is 0. The van der Waals surface area contributed by atoms with Crippen LogP contribution in [0.25, 0.3) is 0 Å². The van der Waals surface area contributed by atoms with Crippen LogP contribution in [0.2, 0.25) is 0 Å². The van der Waals surface area contributed by atoms with Crippen LogP contribution in [0.4, 0.5) is 0 Å². The highest BCUT2D eigenvalue weighted by Crippen LogP contribution is 2.28. The number of carbonyl (C=O) groups is 1. The molecule has 0 aromatic heterocycles. The molecule has 1 aromatic rings. The summed E-state index contributed by atoms with van der Waals surface area (Å²) < 4.78 is 28.5. The minimum Gasteiger partial charge on any atom is -0.496 e. The number of rotatable bonds is 6. The lowest BCUT2D eigenvalue weighted by Gasteiger charge is -2.34. The van der Waals surface area contributed by atoms with Crippen LogP contribution in [0.1, 0.15) is 24.0 Å². The van der Waals surface area contributed by atoms with Crippen LogP contribution in [0, 0.1) is 6.92 Å². The Labute approximate surface area is 143 Å². The van der Waals surface area contributed by atoms with Crippen LogP contribution in [0.3, 0.4) is 0 Å². The quantitative estimate of drug-likeness (QED) is 0.790. The van der Waals surface area contributed by atoms with E-state index in [2.05, 4.69) is 10.6 Å². The van der Waals surface area contributed by atoms with Crippen molar-refractivity contribution < 1.29 is 17.9 Å². The number of amides is 1. The van der Waals surface area contributed by atoms with Gasteiger partial charge >= 0.3 is 0 Å². The molecule has 1 saturated heterocycles. The number of aryl methyl sites for hydroxylation is 1. The molecule has 0 spiro atoms. The summed E-state index contributed by atoms with van der Waals surface area (Å²) in [4.78, 5) is 12.6. The lowest BCUT2D eigenvalue weighted by Crippen LogP contribution is -2.57. The van der Waals surface area contributed by atoms with Crippen molar-refractivity contribution in [2.45, 2.75) is 30.9 Å². The molecule has 1 amide bonds. The number of piperidine rings is 1. The molecule has 1 aromatic carbocycles. The molecule has 0 aliphatic carbocycles. The van der Waals surface area contributed by atoms with Crippen LogP contribution in [0.15, 0.2) is 18.2 Å². The molecule has 0 bridgehead atoms. The lowest BCUT2D eigenvalue weighted by atomic mass is 9.95. The highest BCUT2D eigenvalue weighted by Gasteiger charge is 2.48. The number of hydrogen-bond donors (Lipinski definition) is 2. The van der Waals surface area contributed by atoms with E-state index >= 15 is 0 Å². The van der Waals surface area contributed by atoms with E-state index in [4.69, 9.17) is 4.74 Å². The summed E-state index contributed by atoms with van der Waals surface area (Å²) in [6.45, 7) is 3.44. The van der Waals surface area contributed by atoms with Gasteiger partial charge < -0.3 is 15.4 Å². The third kappa shape index (κ3) is 3.89. The molecular formula is C17H26N2O4S. The molecule has 7 heteroatoms. The highest BCUT2D eigenvalue weighted by atomic mass is 32.2. The van der Waals surface area contributed by atoms with Gasteiger partial charge in [0.15, 0.2) is 14.6 Å². The van der Waals surface area contributed by atoms with E-state index in [9.17, 15) is 13.2 Å². The maximum Gasteiger partial charge on any atom is 0.241 e. The summed E-state index contributed by atoms with van der Waals surface area (Å²) in [7, 11) is -1.87. The minimum absolute atomic E-state index is 0.311. The first-order valence-electron chi connectivity index (χ1n) is 8.12. The Balaban J connectivity index is 2.06. The third-order valence-electron chi connectivity index (χ3n) is 4.65. The van der Waals surface area contributed by atoms with Gasteiger partial charge in [0.25, 0.3) is 0 Å². The van der Waals surface area contributed by atoms with E-state index in [1.54, 1.807) is 7.11 Å². The van der Waals surface area contributed by atoms with Gasteiger partial charge in [0.1, 0.15) is 5.75 Å². The van der Waals surface area contributed by atoms with Gasteiger partial charge in [-0.3, -0.25) is 4.79 Å². The zero-order valence-corrected chi connectivity index (χ0v) is 15.3. The van der Waals surface area contributed by atoms with Gasteiger partial charge in [0, 0.05) is 12.8 Å². The average molecular weight is 354 g/mol. The standard InChI is InChI=1S/C17H26N2O4S/c1-13-4-5-15(23-2)14(12-13)6-9-19-16(20)17(24(3,21)22)7-10-18-11-8-17/h4-5,12,18H,6-11H2,1-3H3,(H,19,20). The fourth-order valence-corrected chi connectivity index (χ4v) is 4.53. The predicted molar refractivity (Wildman–Crippen MR) is 94.1 cm³/mol. The fraction of sp³-hybridized carbons (Fsp3) is 0.588. The molecule has 134 valence electrons. The van der Waals surface area contributed by atoms with Gasteiger partial charge in [-0.2, -0.15) is 0 Å². The Bertz CT molecular complexity index is 695. The Kier molecular flexibility index (Phi) is 5.87. The van der Waals surface area contributed by atoms with E-state index in [0.717, 1.165) is 23.1 Å². The van der Waals surface area contributed by atoms with Crippen molar-refractivity contribution in [2.24, 2.45) is 0 Å². The number of sulfone groups is 1. The second-order valence-corrected chi connectivity index (χ2v) is 8.66. The topological polar surface area (TPSA) is 84.5 Å². The first kappa shape index (κ1) is 18.7. The molecule has 2 N–H and O–H groups in total. The van der Waals surface area contributed by atoms with Crippen molar-refractivity contribution in [3.05, 3.63) is 29.3 Å². The zero-order valence-electron chi connectivity index (χ0n) is 14.5. The number of ether oxygens (including phenoxy) is 1. The van der Waals surface area contributed by atoms with Crippen molar-refractivity contribution >= 4 is 15.7 Å². The van der Waals surface area contributed by atoms with Crippen LogP contribution in [-0.4, -0.2) is 52.1 Å². The van der Waals surface area contributed by atoms with Crippen molar-refractivity contribution in [3.63, 3.8) is 0 Å². The monoisotopic (exact) mass is 354 g/mol. The van der Waals surface area contributed by atoms with Gasteiger partial charge in [-0.25, -0.2) is 8.42 Å². The first-order valence-corrected chi connectivity index (χ1v) is 10.0. The molecule has 1 aliphatic rings. The first-order chi connectivity index (χ1) is 11.3. The molecule has 6 nitrogen and oxygen atoms in total. The number of methoxy groups -OCH3 is 1. The average Bonchev–Trinajstić information content (AvgIpc) is 2.54. The molecule has 1 aliphatic heterocycles. The Hall–Kier alpha value is -1.60. The Morgan fingerprint density at radius 3 is 2.58 bits per heavy atom. The summed E-state index contributed by atoms with van der Waals surface area (Å²) in [6.07, 6.45) is 2.37. The number of hydrogen-bond acceptors (Lipinski definition) is 5. The SMILES string of the molecule is COc1ccc(C)cc1CCNC(=O)C1(S(C)(=O)=O)CCNCC1. The zero-order chi connectivity index (χ0) is 17.8. The summed E-state index contributed by atoms with van der Waals surface area (Å²) in [5, 5.41) is 5.93. The van der Waals surface area contributed by atoms with Crippen LogP contribution >= 0.6 is 0 Å². The van der Waals surface area contributed by atoms with Gasteiger partial charge in [0.2, 0.25) is 5.91 Å². The van der Waals surface area contributed by atoms with E-state index in [-0.39, 0.29) is 0 Å². The summed E-state index contributed by atoms with van der Waals surface area (Å²) in [6, 6.07) is 5.88. The molecule has 0 radical (unpaired) electrons. The second-order valence-electron chi connectivity index (χ2n) is 6.34. The minimum atomic E-state index is -3.48. The maximum atomic E-state index is 12.6. The second kappa shape index (κ2) is 7.53. The van der Waals surface area contributed by atoms with E-state index in [1.807, 2.05) is 25.1 Å².